The van der Waals surface area contributed by atoms with Crippen molar-refractivity contribution in [2.75, 3.05) is 0 Å². The topological polar surface area (TPSA) is 67.8 Å². The summed E-state index contributed by atoms with van der Waals surface area (Å²) in [7, 11) is 0. The molecule has 0 radical (unpaired) electrons. The first-order chi connectivity index (χ1) is 10.4. The second kappa shape index (κ2) is 5.55. The average Bonchev–Trinajstić information content (AvgIpc) is 2.72. The van der Waals surface area contributed by atoms with E-state index in [0.29, 0.717) is 22.6 Å². The SMILES string of the molecule is CC(C)Oc1cccc(C2(O)C(N)=Nc3ccc(I)cc32)c1. The van der Waals surface area contributed by atoms with Gasteiger partial charge in [-0.15, -0.1) is 0 Å². The van der Waals surface area contributed by atoms with Gasteiger partial charge >= 0.3 is 0 Å². The van der Waals surface area contributed by atoms with Gasteiger partial charge in [-0.1, -0.05) is 12.1 Å². The van der Waals surface area contributed by atoms with Crippen LogP contribution in [0.3, 0.4) is 0 Å². The fourth-order valence-corrected chi connectivity index (χ4v) is 3.11. The number of fused-ring (bicyclic) bond motifs is 1. The summed E-state index contributed by atoms with van der Waals surface area (Å²) >= 11 is 2.21. The van der Waals surface area contributed by atoms with Crippen LogP contribution < -0.4 is 10.5 Å². The smallest absolute Gasteiger partial charge is 0.174 e. The number of halogens is 1. The van der Waals surface area contributed by atoms with E-state index < -0.39 is 5.60 Å². The van der Waals surface area contributed by atoms with E-state index in [1.54, 1.807) is 0 Å². The maximum absolute atomic E-state index is 11.3. The molecule has 2 aromatic rings. The van der Waals surface area contributed by atoms with Crippen molar-refractivity contribution in [3.8, 4) is 5.75 Å². The number of hydrogen-bond acceptors (Lipinski definition) is 4. The zero-order valence-corrected chi connectivity index (χ0v) is 14.5. The van der Waals surface area contributed by atoms with Crippen LogP contribution in [0.5, 0.6) is 5.75 Å². The molecule has 0 spiro atoms. The van der Waals surface area contributed by atoms with Gasteiger partial charge in [-0.05, 0) is 72.3 Å². The minimum atomic E-state index is -1.41. The Kier molecular flexibility index (Phi) is 3.86. The summed E-state index contributed by atoms with van der Waals surface area (Å²) in [5.74, 6) is 0.888. The molecule has 1 atom stereocenters. The van der Waals surface area contributed by atoms with E-state index in [4.69, 9.17) is 10.5 Å². The van der Waals surface area contributed by atoms with E-state index in [0.717, 1.165) is 3.57 Å². The van der Waals surface area contributed by atoms with Crippen LogP contribution in [0, 0.1) is 3.57 Å². The Bertz CT molecular complexity index is 758. The summed E-state index contributed by atoms with van der Waals surface area (Å²) in [6.07, 6.45) is 0.0627. The summed E-state index contributed by atoms with van der Waals surface area (Å²) in [5, 5.41) is 11.3. The average molecular weight is 408 g/mol. The Morgan fingerprint density at radius 3 is 2.73 bits per heavy atom. The molecule has 22 heavy (non-hydrogen) atoms. The van der Waals surface area contributed by atoms with Crippen LogP contribution in [0.15, 0.2) is 47.5 Å². The van der Waals surface area contributed by atoms with Gasteiger partial charge in [0, 0.05) is 9.13 Å². The molecule has 1 aliphatic rings. The molecule has 1 unspecified atom stereocenters. The molecular formula is C17H17IN2O2. The first-order valence-electron chi connectivity index (χ1n) is 7.05. The van der Waals surface area contributed by atoms with Gasteiger partial charge in [-0.25, -0.2) is 4.99 Å². The van der Waals surface area contributed by atoms with Gasteiger partial charge < -0.3 is 15.6 Å². The highest BCUT2D eigenvalue weighted by atomic mass is 127. The lowest BCUT2D eigenvalue weighted by molar-refractivity contribution is 0.157. The summed E-state index contributed by atoms with van der Waals surface area (Å²) in [5.41, 5.74) is 6.71. The monoisotopic (exact) mass is 408 g/mol. The Hall–Kier alpha value is -1.60. The first-order valence-corrected chi connectivity index (χ1v) is 8.13. The van der Waals surface area contributed by atoms with Crippen molar-refractivity contribution in [1.82, 2.24) is 0 Å². The number of rotatable bonds is 3. The lowest BCUT2D eigenvalue weighted by Crippen LogP contribution is -2.39. The molecule has 1 aliphatic heterocycles. The maximum atomic E-state index is 11.3. The summed E-state index contributed by atoms with van der Waals surface area (Å²) in [6, 6.07) is 13.1. The second-order valence-corrected chi connectivity index (χ2v) is 6.81. The summed E-state index contributed by atoms with van der Waals surface area (Å²) in [6.45, 7) is 3.93. The highest BCUT2D eigenvalue weighted by Crippen LogP contribution is 2.43. The molecule has 0 aromatic heterocycles. The molecule has 0 amide bonds. The molecule has 0 saturated carbocycles. The van der Waals surface area contributed by atoms with Crippen LogP contribution in [-0.4, -0.2) is 17.0 Å². The quantitative estimate of drug-likeness (QED) is 0.766. The van der Waals surface area contributed by atoms with Crippen molar-refractivity contribution in [1.29, 1.82) is 0 Å². The number of hydrogen-bond donors (Lipinski definition) is 2. The molecule has 0 aliphatic carbocycles. The number of benzene rings is 2. The third-order valence-electron chi connectivity index (χ3n) is 3.58. The van der Waals surface area contributed by atoms with E-state index >= 15 is 0 Å². The van der Waals surface area contributed by atoms with Gasteiger partial charge in [0.15, 0.2) is 5.60 Å². The molecule has 3 N–H and O–H groups in total. The van der Waals surface area contributed by atoms with Gasteiger partial charge in [0.05, 0.1) is 11.8 Å². The van der Waals surface area contributed by atoms with Crippen molar-refractivity contribution in [3.63, 3.8) is 0 Å². The molecule has 2 aromatic carbocycles. The fraction of sp³-hybridized carbons (Fsp3) is 0.235. The van der Waals surface area contributed by atoms with Crippen LogP contribution in [0.2, 0.25) is 0 Å². The summed E-state index contributed by atoms with van der Waals surface area (Å²) < 4.78 is 6.74. The van der Waals surface area contributed by atoms with Crippen molar-refractivity contribution in [2.45, 2.75) is 25.6 Å². The molecular weight excluding hydrogens is 391 g/mol. The molecule has 114 valence electrons. The highest BCUT2D eigenvalue weighted by Gasteiger charge is 2.42. The molecule has 3 rings (SSSR count). The number of aliphatic hydroxyl groups is 1. The van der Waals surface area contributed by atoms with Crippen molar-refractivity contribution < 1.29 is 9.84 Å². The number of aliphatic imine (C=N–C) groups is 1. The molecule has 1 heterocycles. The van der Waals surface area contributed by atoms with Gasteiger partial charge in [0.1, 0.15) is 11.6 Å². The molecule has 4 nitrogen and oxygen atoms in total. The van der Waals surface area contributed by atoms with Gasteiger partial charge in [0.25, 0.3) is 0 Å². The van der Waals surface area contributed by atoms with Gasteiger partial charge in [-0.3, -0.25) is 0 Å². The first kappa shape index (κ1) is 15.3. The van der Waals surface area contributed by atoms with Gasteiger partial charge in [-0.2, -0.15) is 0 Å². The van der Waals surface area contributed by atoms with Crippen molar-refractivity contribution in [3.05, 3.63) is 57.2 Å². The van der Waals surface area contributed by atoms with Crippen LogP contribution in [0.25, 0.3) is 0 Å². The number of ether oxygens (including phenoxy) is 1. The number of nitrogens with two attached hydrogens (primary N) is 1. The Labute approximate surface area is 143 Å². The third-order valence-corrected chi connectivity index (χ3v) is 4.25. The minimum Gasteiger partial charge on any atom is -0.491 e. The second-order valence-electron chi connectivity index (χ2n) is 5.56. The number of amidine groups is 1. The lowest BCUT2D eigenvalue weighted by Gasteiger charge is -2.25. The van der Waals surface area contributed by atoms with Crippen molar-refractivity contribution >= 4 is 34.1 Å². The van der Waals surface area contributed by atoms with E-state index in [2.05, 4.69) is 27.6 Å². The zero-order chi connectivity index (χ0) is 15.9. The van der Waals surface area contributed by atoms with Crippen LogP contribution in [0.1, 0.15) is 25.0 Å². The molecule has 5 heteroatoms. The number of nitrogens with zero attached hydrogens (tertiary/aromatic N) is 1. The van der Waals surface area contributed by atoms with E-state index in [9.17, 15) is 5.11 Å². The summed E-state index contributed by atoms with van der Waals surface area (Å²) in [4.78, 5) is 4.31. The zero-order valence-electron chi connectivity index (χ0n) is 12.4. The van der Waals surface area contributed by atoms with E-state index in [1.807, 2.05) is 56.3 Å². The van der Waals surface area contributed by atoms with Crippen LogP contribution in [-0.2, 0) is 5.60 Å². The van der Waals surface area contributed by atoms with E-state index in [-0.39, 0.29) is 11.9 Å². The van der Waals surface area contributed by atoms with Crippen LogP contribution >= 0.6 is 22.6 Å². The van der Waals surface area contributed by atoms with E-state index in [1.165, 1.54) is 0 Å². The third kappa shape index (κ3) is 2.48. The van der Waals surface area contributed by atoms with Crippen molar-refractivity contribution in [2.24, 2.45) is 10.7 Å². The lowest BCUT2D eigenvalue weighted by atomic mass is 9.86. The Morgan fingerprint density at radius 2 is 2.00 bits per heavy atom. The Balaban J connectivity index is 2.12. The maximum Gasteiger partial charge on any atom is 0.174 e. The highest BCUT2D eigenvalue weighted by molar-refractivity contribution is 14.1. The predicted octanol–water partition coefficient (Wildman–Crippen LogP) is 3.32. The van der Waals surface area contributed by atoms with Crippen LogP contribution in [0.4, 0.5) is 5.69 Å². The Morgan fingerprint density at radius 1 is 1.23 bits per heavy atom. The predicted molar refractivity (Wildman–Crippen MR) is 95.6 cm³/mol. The standard InChI is InChI=1S/C17H17IN2O2/c1-10(2)22-13-5-3-4-11(8-13)17(21)14-9-12(18)6-7-15(14)20-16(17)19/h3-10,21H,1-2H3,(H2,19,20). The molecule has 0 fully saturated rings. The molecule has 0 saturated heterocycles. The largest absolute Gasteiger partial charge is 0.491 e. The normalized spacial score (nSPS) is 20.0. The molecule has 0 bridgehead atoms. The van der Waals surface area contributed by atoms with Gasteiger partial charge in [0.2, 0.25) is 0 Å². The fourth-order valence-electron chi connectivity index (χ4n) is 2.61. The minimum absolute atomic E-state index is 0.0627.